The van der Waals surface area contributed by atoms with E-state index in [1.807, 2.05) is 54.6 Å². The molecule has 0 spiro atoms. The van der Waals surface area contributed by atoms with Crippen molar-refractivity contribution in [2.24, 2.45) is 0 Å². The molecule has 9 heteroatoms. The SMILES string of the molecule is CCCn1c(=O)c2ccccc2n2c(SCc3cc(=O)n4cc(C)ccc4n3)nnc12. The second-order valence-electron chi connectivity index (χ2n) is 7.40. The van der Waals surface area contributed by atoms with Crippen molar-refractivity contribution in [1.82, 2.24) is 28.5 Å². The summed E-state index contributed by atoms with van der Waals surface area (Å²) in [6, 6.07) is 12.8. The lowest BCUT2D eigenvalue weighted by atomic mass is 10.2. The van der Waals surface area contributed by atoms with Gasteiger partial charge in [0.1, 0.15) is 5.65 Å². The van der Waals surface area contributed by atoms with Gasteiger partial charge in [-0.25, -0.2) is 4.98 Å². The molecule has 0 amide bonds. The average Bonchev–Trinajstić information content (AvgIpc) is 3.20. The highest BCUT2D eigenvalue weighted by Gasteiger charge is 2.16. The van der Waals surface area contributed by atoms with Crippen LogP contribution in [-0.2, 0) is 12.3 Å². The second kappa shape index (κ2) is 7.66. The summed E-state index contributed by atoms with van der Waals surface area (Å²) < 4.78 is 5.13. The number of nitrogens with zero attached hydrogens (tertiary/aromatic N) is 6. The van der Waals surface area contributed by atoms with Gasteiger partial charge < -0.3 is 0 Å². The van der Waals surface area contributed by atoms with Gasteiger partial charge in [0.2, 0.25) is 5.78 Å². The summed E-state index contributed by atoms with van der Waals surface area (Å²) >= 11 is 1.44. The maximum atomic E-state index is 12.9. The molecule has 156 valence electrons. The lowest BCUT2D eigenvalue weighted by Crippen LogP contribution is -2.23. The highest BCUT2D eigenvalue weighted by Crippen LogP contribution is 2.24. The van der Waals surface area contributed by atoms with Crippen molar-refractivity contribution >= 4 is 34.1 Å². The number of para-hydroxylation sites is 1. The Morgan fingerprint density at radius 2 is 1.90 bits per heavy atom. The van der Waals surface area contributed by atoms with E-state index in [0.717, 1.165) is 17.5 Å². The van der Waals surface area contributed by atoms with Crippen molar-refractivity contribution in [2.45, 2.75) is 37.7 Å². The summed E-state index contributed by atoms with van der Waals surface area (Å²) in [6.45, 7) is 4.53. The molecule has 0 bridgehead atoms. The van der Waals surface area contributed by atoms with E-state index in [0.29, 0.717) is 40.0 Å². The molecule has 0 unspecified atom stereocenters. The molecule has 4 aromatic heterocycles. The Kier molecular flexibility index (Phi) is 4.82. The molecule has 4 heterocycles. The van der Waals surface area contributed by atoms with Crippen LogP contribution < -0.4 is 11.1 Å². The number of thioether (sulfide) groups is 1. The van der Waals surface area contributed by atoms with Crippen LogP contribution >= 0.6 is 11.8 Å². The van der Waals surface area contributed by atoms with E-state index in [1.54, 1.807) is 21.2 Å². The highest BCUT2D eigenvalue weighted by molar-refractivity contribution is 7.98. The minimum atomic E-state index is -0.113. The van der Waals surface area contributed by atoms with Crippen LogP contribution in [0.4, 0.5) is 0 Å². The van der Waals surface area contributed by atoms with Gasteiger partial charge in [0.15, 0.2) is 5.16 Å². The lowest BCUT2D eigenvalue weighted by molar-refractivity contribution is 0.662. The number of aromatic nitrogens is 6. The minimum Gasteiger partial charge on any atom is -0.276 e. The Labute approximate surface area is 181 Å². The van der Waals surface area contributed by atoms with E-state index in [4.69, 9.17) is 0 Å². The predicted octanol–water partition coefficient (Wildman–Crippen LogP) is 3.06. The molecule has 0 saturated heterocycles. The van der Waals surface area contributed by atoms with E-state index in [-0.39, 0.29) is 11.1 Å². The first kappa shape index (κ1) is 19.5. The number of rotatable bonds is 5. The molecule has 0 fully saturated rings. The maximum Gasteiger partial charge on any atom is 0.262 e. The first-order valence-corrected chi connectivity index (χ1v) is 11.0. The van der Waals surface area contributed by atoms with Crippen LogP contribution in [0.5, 0.6) is 0 Å². The second-order valence-corrected chi connectivity index (χ2v) is 8.34. The molecular weight excluding hydrogens is 412 g/mol. The van der Waals surface area contributed by atoms with Gasteiger partial charge in [-0.05, 0) is 37.1 Å². The molecule has 0 N–H and O–H groups in total. The topological polar surface area (TPSA) is 86.6 Å². The molecule has 8 nitrogen and oxygen atoms in total. The van der Waals surface area contributed by atoms with E-state index in [1.165, 1.54) is 11.8 Å². The summed E-state index contributed by atoms with van der Waals surface area (Å²) in [5, 5.41) is 9.93. The molecule has 0 atom stereocenters. The van der Waals surface area contributed by atoms with Crippen LogP contribution in [0.25, 0.3) is 22.3 Å². The number of hydrogen-bond acceptors (Lipinski definition) is 6. The van der Waals surface area contributed by atoms with Crippen LogP contribution in [0.15, 0.2) is 63.4 Å². The number of hydrogen-bond donors (Lipinski definition) is 0. The Morgan fingerprint density at radius 3 is 2.74 bits per heavy atom. The summed E-state index contributed by atoms with van der Waals surface area (Å²) in [4.78, 5) is 30.0. The number of pyridine rings is 1. The molecule has 0 aliphatic heterocycles. The van der Waals surface area contributed by atoms with E-state index >= 15 is 0 Å². The number of aryl methyl sites for hydroxylation is 2. The van der Waals surface area contributed by atoms with Crippen LogP contribution in [-0.4, -0.2) is 28.5 Å². The number of fused-ring (bicyclic) bond motifs is 4. The molecule has 0 aliphatic carbocycles. The summed E-state index contributed by atoms with van der Waals surface area (Å²) in [6.07, 6.45) is 2.60. The van der Waals surface area contributed by atoms with Gasteiger partial charge in [-0.3, -0.25) is 23.0 Å². The van der Waals surface area contributed by atoms with Crippen molar-refractivity contribution in [3.63, 3.8) is 0 Å². The Hall–Kier alpha value is -3.46. The average molecular weight is 433 g/mol. The quantitative estimate of drug-likeness (QED) is 0.397. The van der Waals surface area contributed by atoms with Crippen molar-refractivity contribution in [3.05, 3.63) is 80.6 Å². The Balaban J connectivity index is 1.59. The van der Waals surface area contributed by atoms with Crippen LogP contribution in [0.3, 0.4) is 0 Å². The first-order valence-electron chi connectivity index (χ1n) is 10.0. The molecule has 0 radical (unpaired) electrons. The van der Waals surface area contributed by atoms with Crippen LogP contribution in [0.1, 0.15) is 24.6 Å². The highest BCUT2D eigenvalue weighted by atomic mass is 32.2. The standard InChI is InChI=1S/C22H20N6O2S/c1-3-10-26-20(30)16-6-4-5-7-17(16)28-21(26)24-25-22(28)31-13-15-11-19(29)27-12-14(2)8-9-18(27)23-15/h4-9,11-12H,3,10,13H2,1-2H3. The van der Waals surface area contributed by atoms with Gasteiger partial charge in [0.25, 0.3) is 11.1 Å². The summed E-state index contributed by atoms with van der Waals surface area (Å²) in [5.41, 5.74) is 2.87. The third-order valence-electron chi connectivity index (χ3n) is 5.14. The monoisotopic (exact) mass is 432 g/mol. The zero-order valence-electron chi connectivity index (χ0n) is 17.1. The fourth-order valence-electron chi connectivity index (χ4n) is 3.72. The third-order valence-corrected chi connectivity index (χ3v) is 6.10. The van der Waals surface area contributed by atoms with E-state index in [2.05, 4.69) is 15.2 Å². The van der Waals surface area contributed by atoms with Gasteiger partial charge in [-0.15, -0.1) is 10.2 Å². The van der Waals surface area contributed by atoms with Crippen LogP contribution in [0, 0.1) is 6.92 Å². The molecule has 5 rings (SSSR count). The molecule has 0 saturated carbocycles. The first-order chi connectivity index (χ1) is 15.1. The number of benzene rings is 1. The van der Waals surface area contributed by atoms with Crippen molar-refractivity contribution in [1.29, 1.82) is 0 Å². The van der Waals surface area contributed by atoms with E-state index < -0.39 is 0 Å². The van der Waals surface area contributed by atoms with Gasteiger partial charge in [0, 0.05) is 24.6 Å². The third kappa shape index (κ3) is 3.31. The smallest absolute Gasteiger partial charge is 0.262 e. The van der Waals surface area contributed by atoms with Gasteiger partial charge >= 0.3 is 0 Å². The molecule has 0 aliphatic rings. The lowest BCUT2D eigenvalue weighted by Gasteiger charge is -2.10. The van der Waals surface area contributed by atoms with E-state index in [9.17, 15) is 9.59 Å². The minimum absolute atomic E-state index is 0.0617. The normalized spacial score (nSPS) is 11.7. The largest absolute Gasteiger partial charge is 0.276 e. The van der Waals surface area contributed by atoms with Crippen molar-refractivity contribution in [3.8, 4) is 0 Å². The fourth-order valence-corrected chi connectivity index (χ4v) is 4.56. The zero-order chi connectivity index (χ0) is 21.5. The Bertz CT molecular complexity index is 1570. The molecule has 1 aromatic carbocycles. The maximum absolute atomic E-state index is 12.9. The molecule has 31 heavy (non-hydrogen) atoms. The molecular formula is C22H20N6O2S. The molecule has 5 aromatic rings. The summed E-state index contributed by atoms with van der Waals surface area (Å²) in [5.74, 6) is 0.983. The Morgan fingerprint density at radius 1 is 1.06 bits per heavy atom. The predicted molar refractivity (Wildman–Crippen MR) is 121 cm³/mol. The zero-order valence-corrected chi connectivity index (χ0v) is 18.0. The van der Waals surface area contributed by atoms with Gasteiger partial charge in [-0.2, -0.15) is 0 Å². The summed E-state index contributed by atoms with van der Waals surface area (Å²) in [7, 11) is 0. The van der Waals surface area contributed by atoms with Crippen molar-refractivity contribution in [2.75, 3.05) is 0 Å². The van der Waals surface area contributed by atoms with Crippen LogP contribution in [0.2, 0.25) is 0 Å². The van der Waals surface area contributed by atoms with Gasteiger partial charge in [-0.1, -0.05) is 36.9 Å². The van der Waals surface area contributed by atoms with Crippen molar-refractivity contribution < 1.29 is 0 Å². The fraction of sp³-hybridized carbons (Fsp3) is 0.227. The van der Waals surface area contributed by atoms with Gasteiger partial charge in [0.05, 0.1) is 16.6 Å².